The maximum Gasteiger partial charge on any atom is 0.191 e. The molecular weight excluding hydrogens is 381 g/mol. The Labute approximate surface area is 144 Å². The van der Waals surface area contributed by atoms with Crippen molar-refractivity contribution in [2.24, 2.45) is 4.99 Å². The van der Waals surface area contributed by atoms with Crippen LogP contribution in [0.25, 0.3) is 0 Å². The van der Waals surface area contributed by atoms with Crippen LogP contribution in [0.15, 0.2) is 23.2 Å². The zero-order valence-electron chi connectivity index (χ0n) is 13.0. The molecule has 0 aliphatic carbocycles. The van der Waals surface area contributed by atoms with E-state index in [4.69, 9.17) is 9.84 Å². The molecule has 0 saturated heterocycles. The van der Waals surface area contributed by atoms with E-state index in [-0.39, 0.29) is 30.6 Å². The summed E-state index contributed by atoms with van der Waals surface area (Å²) in [6.45, 7) is 6.10. The Balaban J connectivity index is 0.00000400. The Kier molecular flexibility index (Phi) is 11.1. The van der Waals surface area contributed by atoms with Crippen LogP contribution in [0.2, 0.25) is 0 Å². The number of aliphatic hydroxyl groups excluding tert-OH is 1. The summed E-state index contributed by atoms with van der Waals surface area (Å²) >= 11 is 0. The molecule has 0 aliphatic heterocycles. The number of aliphatic hydroxyl groups is 1. The van der Waals surface area contributed by atoms with Crippen LogP contribution in [-0.2, 0) is 6.42 Å². The number of hydrogen-bond acceptors (Lipinski definition) is 3. The summed E-state index contributed by atoms with van der Waals surface area (Å²) in [5.41, 5.74) is 2.36. The maximum atomic E-state index is 8.79. The van der Waals surface area contributed by atoms with Crippen molar-refractivity contribution >= 4 is 29.9 Å². The first kappa shape index (κ1) is 20.0. The molecule has 21 heavy (non-hydrogen) atoms. The normalized spacial score (nSPS) is 10.8. The standard InChI is InChI=1S/C15H25N3O2.HI/c1-4-16-15(18-9-10-19)17-8-7-13-6-5-12(2)14(11-13)20-3;/h5-6,11,19H,4,7-10H2,1-3H3,(H2,16,17,18);1H. The Morgan fingerprint density at radius 2 is 2.10 bits per heavy atom. The van der Waals surface area contributed by atoms with E-state index in [1.165, 1.54) is 5.56 Å². The average molecular weight is 407 g/mol. The van der Waals surface area contributed by atoms with Gasteiger partial charge in [0.15, 0.2) is 5.96 Å². The van der Waals surface area contributed by atoms with E-state index >= 15 is 0 Å². The maximum absolute atomic E-state index is 8.79. The molecule has 0 atom stereocenters. The molecule has 0 spiro atoms. The fourth-order valence-electron chi connectivity index (χ4n) is 1.85. The molecule has 5 nitrogen and oxygen atoms in total. The number of methoxy groups -OCH3 is 1. The number of nitrogens with one attached hydrogen (secondary N) is 2. The van der Waals surface area contributed by atoms with Gasteiger partial charge >= 0.3 is 0 Å². The third-order valence-corrected chi connectivity index (χ3v) is 2.89. The van der Waals surface area contributed by atoms with E-state index < -0.39 is 0 Å². The van der Waals surface area contributed by atoms with Gasteiger partial charge in [-0.1, -0.05) is 12.1 Å². The molecule has 0 fully saturated rings. The molecule has 0 unspecified atom stereocenters. The number of halogens is 1. The van der Waals surface area contributed by atoms with Crippen LogP contribution < -0.4 is 15.4 Å². The molecule has 1 aromatic rings. The highest BCUT2D eigenvalue weighted by molar-refractivity contribution is 14.0. The first-order valence-electron chi connectivity index (χ1n) is 6.97. The summed E-state index contributed by atoms with van der Waals surface area (Å²) < 4.78 is 5.32. The lowest BCUT2D eigenvalue weighted by Gasteiger charge is -2.12. The minimum absolute atomic E-state index is 0. The van der Waals surface area contributed by atoms with Gasteiger partial charge in [0.25, 0.3) is 0 Å². The van der Waals surface area contributed by atoms with Crippen molar-refractivity contribution in [2.75, 3.05) is 33.4 Å². The lowest BCUT2D eigenvalue weighted by atomic mass is 10.1. The number of rotatable bonds is 7. The SMILES string of the molecule is CCNC(=NCCO)NCCc1ccc(C)c(OC)c1.I. The van der Waals surface area contributed by atoms with Crippen LogP contribution in [0.1, 0.15) is 18.1 Å². The smallest absolute Gasteiger partial charge is 0.191 e. The molecule has 0 heterocycles. The third kappa shape index (κ3) is 7.52. The Hall–Kier alpha value is -1.02. The molecule has 0 aliphatic rings. The number of aliphatic imine (C=N–C) groups is 1. The zero-order valence-corrected chi connectivity index (χ0v) is 15.3. The second kappa shape index (κ2) is 11.6. The highest BCUT2D eigenvalue weighted by Crippen LogP contribution is 2.18. The lowest BCUT2D eigenvalue weighted by molar-refractivity contribution is 0.306. The molecule has 3 N–H and O–H groups in total. The van der Waals surface area contributed by atoms with Gasteiger partial charge in [-0.3, -0.25) is 4.99 Å². The molecule has 120 valence electrons. The van der Waals surface area contributed by atoms with Gasteiger partial charge in [-0.05, 0) is 37.5 Å². The van der Waals surface area contributed by atoms with E-state index in [9.17, 15) is 0 Å². The van der Waals surface area contributed by atoms with Crippen molar-refractivity contribution in [1.82, 2.24) is 10.6 Å². The minimum atomic E-state index is 0. The van der Waals surface area contributed by atoms with Crippen molar-refractivity contribution in [2.45, 2.75) is 20.3 Å². The van der Waals surface area contributed by atoms with Crippen LogP contribution in [0.3, 0.4) is 0 Å². The molecule has 1 rings (SSSR count). The highest BCUT2D eigenvalue weighted by atomic mass is 127. The number of nitrogens with zero attached hydrogens (tertiary/aromatic N) is 1. The molecule has 0 aromatic heterocycles. The first-order valence-corrected chi connectivity index (χ1v) is 6.97. The summed E-state index contributed by atoms with van der Waals surface area (Å²) in [5.74, 6) is 1.66. The number of ether oxygens (including phenoxy) is 1. The first-order chi connectivity index (χ1) is 9.71. The quantitative estimate of drug-likeness (QED) is 0.366. The molecule has 1 aromatic carbocycles. The van der Waals surface area contributed by atoms with Gasteiger partial charge in [-0.15, -0.1) is 24.0 Å². The topological polar surface area (TPSA) is 65.9 Å². The van der Waals surface area contributed by atoms with Crippen LogP contribution >= 0.6 is 24.0 Å². The molecule has 0 radical (unpaired) electrons. The van der Waals surface area contributed by atoms with Crippen molar-refractivity contribution in [3.63, 3.8) is 0 Å². The van der Waals surface area contributed by atoms with Gasteiger partial charge in [0.1, 0.15) is 5.75 Å². The van der Waals surface area contributed by atoms with Gasteiger partial charge in [0.05, 0.1) is 20.3 Å². The molecular formula is C15H26IN3O2. The predicted molar refractivity (Wildman–Crippen MR) is 97.9 cm³/mol. The zero-order chi connectivity index (χ0) is 14.8. The summed E-state index contributed by atoms with van der Waals surface area (Å²) in [6.07, 6.45) is 0.889. The molecule has 0 amide bonds. The Morgan fingerprint density at radius 1 is 1.33 bits per heavy atom. The number of aryl methyl sites for hydroxylation is 1. The summed E-state index contributed by atoms with van der Waals surface area (Å²) in [4.78, 5) is 4.23. The second-order valence-corrected chi connectivity index (χ2v) is 4.47. The highest BCUT2D eigenvalue weighted by Gasteiger charge is 2.01. The lowest BCUT2D eigenvalue weighted by Crippen LogP contribution is -2.38. The van der Waals surface area contributed by atoms with Crippen molar-refractivity contribution < 1.29 is 9.84 Å². The Bertz CT molecular complexity index is 439. The van der Waals surface area contributed by atoms with Gasteiger partial charge in [0, 0.05) is 13.1 Å². The van der Waals surface area contributed by atoms with Gasteiger partial charge in [-0.25, -0.2) is 0 Å². The summed E-state index contributed by atoms with van der Waals surface area (Å²) in [7, 11) is 1.69. The van der Waals surface area contributed by atoms with Crippen molar-refractivity contribution in [1.29, 1.82) is 0 Å². The number of hydrogen-bond donors (Lipinski definition) is 3. The summed E-state index contributed by atoms with van der Waals surface area (Å²) in [6, 6.07) is 6.24. The van der Waals surface area contributed by atoms with E-state index in [2.05, 4.69) is 33.8 Å². The van der Waals surface area contributed by atoms with Crippen LogP contribution in [0.4, 0.5) is 0 Å². The largest absolute Gasteiger partial charge is 0.496 e. The van der Waals surface area contributed by atoms with E-state index in [1.807, 2.05) is 13.8 Å². The average Bonchev–Trinajstić information content (AvgIpc) is 2.46. The van der Waals surface area contributed by atoms with Crippen LogP contribution in [0, 0.1) is 6.92 Å². The van der Waals surface area contributed by atoms with Gasteiger partial charge in [0.2, 0.25) is 0 Å². The number of guanidine groups is 1. The fourth-order valence-corrected chi connectivity index (χ4v) is 1.85. The summed E-state index contributed by atoms with van der Waals surface area (Å²) in [5, 5.41) is 15.2. The van der Waals surface area contributed by atoms with Crippen LogP contribution in [0.5, 0.6) is 5.75 Å². The van der Waals surface area contributed by atoms with Crippen molar-refractivity contribution in [3.8, 4) is 5.75 Å². The van der Waals surface area contributed by atoms with Gasteiger partial charge < -0.3 is 20.5 Å². The molecule has 0 bridgehead atoms. The molecule has 6 heteroatoms. The Morgan fingerprint density at radius 3 is 2.71 bits per heavy atom. The van der Waals surface area contributed by atoms with E-state index in [1.54, 1.807) is 7.11 Å². The van der Waals surface area contributed by atoms with Crippen molar-refractivity contribution in [3.05, 3.63) is 29.3 Å². The van der Waals surface area contributed by atoms with E-state index in [0.29, 0.717) is 6.54 Å². The van der Waals surface area contributed by atoms with E-state index in [0.717, 1.165) is 36.8 Å². The second-order valence-electron chi connectivity index (χ2n) is 4.47. The molecule has 0 saturated carbocycles. The fraction of sp³-hybridized carbons (Fsp3) is 0.533. The van der Waals surface area contributed by atoms with Gasteiger partial charge in [-0.2, -0.15) is 0 Å². The minimum Gasteiger partial charge on any atom is -0.496 e. The number of benzene rings is 1. The van der Waals surface area contributed by atoms with Crippen LogP contribution in [-0.4, -0.2) is 44.4 Å². The predicted octanol–water partition coefficient (Wildman–Crippen LogP) is 1.71. The third-order valence-electron chi connectivity index (χ3n) is 2.89. The monoisotopic (exact) mass is 407 g/mol.